The van der Waals surface area contributed by atoms with Crippen molar-refractivity contribution in [2.45, 2.75) is 26.2 Å². The molecule has 0 aliphatic carbocycles. The Bertz CT molecular complexity index is 919. The van der Waals surface area contributed by atoms with Crippen LogP contribution in [-0.4, -0.2) is 28.3 Å². The van der Waals surface area contributed by atoms with Gasteiger partial charge in [-0.3, -0.25) is 4.79 Å². The van der Waals surface area contributed by atoms with E-state index >= 15 is 0 Å². The number of nitrogens with zero attached hydrogens (tertiary/aromatic N) is 1. The summed E-state index contributed by atoms with van der Waals surface area (Å²) in [6.07, 6.45) is 0.681. The fraction of sp³-hybridized carbons (Fsp3) is 0.263. The van der Waals surface area contributed by atoms with Crippen molar-refractivity contribution >= 4 is 28.3 Å². The maximum atomic E-state index is 14.5. The minimum atomic E-state index is -3.55. The summed E-state index contributed by atoms with van der Waals surface area (Å²) in [6, 6.07) is 10.4. The topological polar surface area (TPSA) is 69.8 Å². The van der Waals surface area contributed by atoms with Crippen LogP contribution in [0.2, 0.25) is 0 Å². The Balaban J connectivity index is 1.76. The van der Waals surface area contributed by atoms with Crippen LogP contribution < -0.4 is 10.6 Å². The molecule has 0 saturated carbocycles. The molecule has 0 atom stereocenters. The molecule has 26 heavy (non-hydrogen) atoms. The highest BCUT2D eigenvalue weighted by atomic mass is 19.3. The van der Waals surface area contributed by atoms with E-state index in [4.69, 9.17) is 0 Å². The van der Waals surface area contributed by atoms with E-state index in [9.17, 15) is 13.6 Å². The average molecular weight is 358 g/mol. The second-order valence-electron chi connectivity index (χ2n) is 6.07. The fourth-order valence-electron chi connectivity index (χ4n) is 2.84. The third-order valence-corrected chi connectivity index (χ3v) is 4.14. The van der Waals surface area contributed by atoms with Crippen molar-refractivity contribution in [3.63, 3.8) is 0 Å². The van der Waals surface area contributed by atoms with Gasteiger partial charge in [-0.1, -0.05) is 18.2 Å². The third kappa shape index (κ3) is 3.66. The van der Waals surface area contributed by atoms with Gasteiger partial charge in [0, 0.05) is 29.6 Å². The predicted octanol–water partition coefficient (Wildman–Crippen LogP) is 4.12. The maximum absolute atomic E-state index is 14.5. The Morgan fingerprint density at radius 1 is 1.23 bits per heavy atom. The van der Waals surface area contributed by atoms with Crippen LogP contribution in [0.5, 0.6) is 0 Å². The van der Waals surface area contributed by atoms with E-state index < -0.39 is 18.3 Å². The Labute approximate surface area is 149 Å². The number of aromatic amines is 1. The molecule has 7 heteroatoms. The fourth-order valence-corrected chi connectivity index (χ4v) is 2.84. The standard InChI is InChI=1S/C19H20F2N4O/c1-3-22-17-9-8-13(11-23-17)25-18(26)19(20,21)10-15-12(2)24-16-7-5-4-6-14(15)16/h4-9,11,24H,3,10H2,1-2H3,(H,22,23)(H,25,26). The summed E-state index contributed by atoms with van der Waals surface area (Å²) in [4.78, 5) is 19.2. The number of carbonyl (C=O) groups is 1. The predicted molar refractivity (Wildman–Crippen MR) is 98.7 cm³/mol. The van der Waals surface area contributed by atoms with Crippen molar-refractivity contribution in [1.82, 2.24) is 9.97 Å². The lowest BCUT2D eigenvalue weighted by atomic mass is 10.0. The number of carbonyl (C=O) groups excluding carboxylic acids is 1. The monoisotopic (exact) mass is 358 g/mol. The van der Waals surface area contributed by atoms with Gasteiger partial charge in [-0.2, -0.15) is 8.78 Å². The first-order chi connectivity index (χ1) is 12.4. The first-order valence-corrected chi connectivity index (χ1v) is 8.36. The molecular weight excluding hydrogens is 338 g/mol. The minimum Gasteiger partial charge on any atom is -0.370 e. The number of para-hydroxylation sites is 1. The highest BCUT2D eigenvalue weighted by molar-refractivity contribution is 5.97. The van der Waals surface area contributed by atoms with Gasteiger partial charge in [0.15, 0.2) is 0 Å². The van der Waals surface area contributed by atoms with Crippen molar-refractivity contribution in [2.75, 3.05) is 17.2 Å². The molecule has 0 unspecified atom stereocenters. The van der Waals surface area contributed by atoms with E-state index in [0.717, 1.165) is 5.52 Å². The zero-order valence-corrected chi connectivity index (χ0v) is 14.6. The smallest absolute Gasteiger partial charge is 0.328 e. The summed E-state index contributed by atoms with van der Waals surface area (Å²) in [5.41, 5.74) is 2.09. The molecule has 3 rings (SSSR count). The number of fused-ring (bicyclic) bond motifs is 1. The highest BCUT2D eigenvalue weighted by Gasteiger charge is 2.40. The summed E-state index contributed by atoms with van der Waals surface area (Å²) in [5.74, 6) is -4.28. The Morgan fingerprint density at radius 3 is 2.69 bits per heavy atom. The van der Waals surface area contributed by atoms with Gasteiger partial charge in [0.25, 0.3) is 5.91 Å². The molecule has 0 fully saturated rings. The quantitative estimate of drug-likeness (QED) is 0.621. The van der Waals surface area contributed by atoms with Gasteiger partial charge in [-0.25, -0.2) is 4.98 Å². The van der Waals surface area contributed by atoms with Gasteiger partial charge in [-0.05, 0) is 37.6 Å². The summed E-state index contributed by atoms with van der Waals surface area (Å²) in [6.45, 7) is 4.35. The molecule has 0 spiro atoms. The number of halogens is 2. The van der Waals surface area contributed by atoms with Crippen LogP contribution in [0.3, 0.4) is 0 Å². The molecular formula is C19H20F2N4O. The van der Waals surface area contributed by atoms with E-state index in [2.05, 4.69) is 20.6 Å². The van der Waals surface area contributed by atoms with E-state index in [0.29, 0.717) is 29.0 Å². The van der Waals surface area contributed by atoms with Crippen LogP contribution in [0.4, 0.5) is 20.3 Å². The number of alkyl halides is 2. The van der Waals surface area contributed by atoms with Crippen molar-refractivity contribution < 1.29 is 13.6 Å². The Morgan fingerprint density at radius 2 is 2.00 bits per heavy atom. The molecule has 136 valence electrons. The number of amides is 1. The molecule has 3 aromatic rings. The zero-order chi connectivity index (χ0) is 18.7. The summed E-state index contributed by atoms with van der Waals surface area (Å²) < 4.78 is 29.0. The van der Waals surface area contributed by atoms with Crippen LogP contribution in [0.15, 0.2) is 42.6 Å². The number of benzene rings is 1. The number of H-pyrrole nitrogens is 1. The molecule has 1 aromatic carbocycles. The summed E-state index contributed by atoms with van der Waals surface area (Å²) >= 11 is 0. The lowest BCUT2D eigenvalue weighted by Gasteiger charge is -2.16. The molecule has 5 nitrogen and oxygen atoms in total. The third-order valence-electron chi connectivity index (χ3n) is 4.14. The molecule has 2 heterocycles. The van der Waals surface area contributed by atoms with Crippen molar-refractivity contribution in [3.8, 4) is 0 Å². The number of aromatic nitrogens is 2. The van der Waals surface area contributed by atoms with E-state index in [-0.39, 0.29) is 5.69 Å². The first-order valence-electron chi connectivity index (χ1n) is 8.36. The number of aryl methyl sites for hydroxylation is 1. The van der Waals surface area contributed by atoms with E-state index in [1.165, 1.54) is 12.3 Å². The van der Waals surface area contributed by atoms with Crippen LogP contribution in [0.1, 0.15) is 18.2 Å². The lowest BCUT2D eigenvalue weighted by molar-refractivity contribution is -0.139. The van der Waals surface area contributed by atoms with Gasteiger partial charge in [0.2, 0.25) is 0 Å². The van der Waals surface area contributed by atoms with Crippen LogP contribution in [0.25, 0.3) is 10.9 Å². The number of hydrogen-bond acceptors (Lipinski definition) is 3. The summed E-state index contributed by atoms with van der Waals surface area (Å²) in [5, 5.41) is 5.94. The first kappa shape index (κ1) is 17.8. The van der Waals surface area contributed by atoms with Gasteiger partial charge < -0.3 is 15.6 Å². The zero-order valence-electron chi connectivity index (χ0n) is 14.6. The SMILES string of the molecule is CCNc1ccc(NC(=O)C(F)(F)Cc2c(C)[nH]c3ccccc23)cn1. The van der Waals surface area contributed by atoms with Crippen molar-refractivity contribution in [3.05, 3.63) is 53.9 Å². The lowest BCUT2D eigenvalue weighted by Crippen LogP contribution is -2.36. The second-order valence-corrected chi connectivity index (χ2v) is 6.07. The second kappa shape index (κ2) is 7.11. The largest absolute Gasteiger partial charge is 0.370 e. The van der Waals surface area contributed by atoms with Crippen LogP contribution in [0, 0.1) is 6.92 Å². The van der Waals surface area contributed by atoms with Crippen LogP contribution in [-0.2, 0) is 11.2 Å². The molecule has 1 amide bonds. The molecule has 2 aromatic heterocycles. The van der Waals surface area contributed by atoms with Crippen molar-refractivity contribution in [1.29, 1.82) is 0 Å². The number of anilines is 2. The van der Waals surface area contributed by atoms with E-state index in [1.807, 2.05) is 19.1 Å². The molecule has 0 radical (unpaired) electrons. The molecule has 0 saturated heterocycles. The molecule has 3 N–H and O–H groups in total. The number of nitrogens with one attached hydrogen (secondary N) is 3. The normalized spacial score (nSPS) is 11.5. The number of pyridine rings is 1. The molecule has 0 bridgehead atoms. The number of hydrogen-bond donors (Lipinski definition) is 3. The maximum Gasteiger partial charge on any atom is 0.328 e. The van der Waals surface area contributed by atoms with Gasteiger partial charge in [0.05, 0.1) is 11.9 Å². The average Bonchev–Trinajstić information content (AvgIpc) is 2.92. The van der Waals surface area contributed by atoms with E-state index in [1.54, 1.807) is 25.1 Å². The van der Waals surface area contributed by atoms with Gasteiger partial charge in [-0.15, -0.1) is 0 Å². The molecule has 0 aliphatic rings. The Kier molecular flexibility index (Phi) is 4.88. The van der Waals surface area contributed by atoms with Gasteiger partial charge >= 0.3 is 5.92 Å². The highest BCUT2D eigenvalue weighted by Crippen LogP contribution is 2.29. The van der Waals surface area contributed by atoms with Crippen LogP contribution >= 0.6 is 0 Å². The number of rotatable bonds is 6. The Hall–Kier alpha value is -2.96. The van der Waals surface area contributed by atoms with Crippen molar-refractivity contribution in [2.24, 2.45) is 0 Å². The molecule has 0 aliphatic heterocycles. The minimum absolute atomic E-state index is 0.229. The van der Waals surface area contributed by atoms with Gasteiger partial charge in [0.1, 0.15) is 5.82 Å². The summed E-state index contributed by atoms with van der Waals surface area (Å²) in [7, 11) is 0.